The van der Waals surface area contributed by atoms with Crippen LogP contribution in [0, 0.1) is 0 Å². The summed E-state index contributed by atoms with van der Waals surface area (Å²) >= 11 is 0. The van der Waals surface area contributed by atoms with Crippen LogP contribution in [0.25, 0.3) is 22.6 Å². The summed E-state index contributed by atoms with van der Waals surface area (Å²) in [7, 11) is 0. The van der Waals surface area contributed by atoms with Gasteiger partial charge < -0.3 is 8.83 Å². The molecule has 0 bridgehead atoms. The van der Waals surface area contributed by atoms with E-state index in [4.69, 9.17) is 8.83 Å². The molecule has 0 saturated heterocycles. The molecule has 0 aliphatic carbocycles. The van der Waals surface area contributed by atoms with Crippen molar-refractivity contribution in [2.75, 3.05) is 5.32 Å². The van der Waals surface area contributed by atoms with Crippen LogP contribution in [0.15, 0.2) is 82.0 Å². The molecule has 0 unspecified atom stereocenters. The molecule has 2 aromatic carbocycles. The van der Waals surface area contributed by atoms with Crippen molar-refractivity contribution in [3.05, 3.63) is 78.8 Å². The molecule has 0 aliphatic heterocycles. The van der Waals surface area contributed by atoms with Crippen molar-refractivity contribution in [2.45, 2.75) is 0 Å². The summed E-state index contributed by atoms with van der Waals surface area (Å²) in [5, 5.41) is 10.5. The van der Waals surface area contributed by atoms with Crippen molar-refractivity contribution in [1.82, 2.24) is 10.2 Å². The molecule has 4 aromatic rings. The zero-order valence-electron chi connectivity index (χ0n) is 13.0. The topological polar surface area (TPSA) is 81.2 Å². The predicted molar refractivity (Wildman–Crippen MR) is 91.8 cm³/mol. The number of rotatable bonds is 4. The molecule has 6 nitrogen and oxygen atoms in total. The molecule has 4 rings (SSSR count). The molecule has 0 aliphatic rings. The molecule has 25 heavy (non-hydrogen) atoms. The third kappa shape index (κ3) is 3.18. The largest absolute Gasteiger partial charge is 0.472 e. The maximum Gasteiger partial charge on any atom is 0.322 e. The van der Waals surface area contributed by atoms with Gasteiger partial charge in [-0.15, -0.1) is 5.10 Å². The van der Waals surface area contributed by atoms with Gasteiger partial charge in [0, 0.05) is 16.7 Å². The Balaban J connectivity index is 1.55. The molecular weight excluding hydrogens is 318 g/mol. The average molecular weight is 331 g/mol. The molecule has 6 heteroatoms. The molecule has 0 saturated carbocycles. The lowest BCUT2D eigenvalue weighted by atomic mass is 10.1. The summed E-state index contributed by atoms with van der Waals surface area (Å²) in [6.45, 7) is 0. The normalized spacial score (nSPS) is 10.6. The van der Waals surface area contributed by atoms with E-state index in [1.54, 1.807) is 36.8 Å². The van der Waals surface area contributed by atoms with Gasteiger partial charge in [0.25, 0.3) is 5.91 Å². The zero-order valence-corrected chi connectivity index (χ0v) is 13.0. The Morgan fingerprint density at radius 1 is 0.880 bits per heavy atom. The first-order valence-electron chi connectivity index (χ1n) is 7.62. The Labute approximate surface area is 143 Å². The summed E-state index contributed by atoms with van der Waals surface area (Å²) in [5.41, 5.74) is 3.20. The van der Waals surface area contributed by atoms with E-state index < -0.39 is 0 Å². The summed E-state index contributed by atoms with van der Waals surface area (Å²) in [4.78, 5) is 12.1. The fourth-order valence-electron chi connectivity index (χ4n) is 2.41. The van der Waals surface area contributed by atoms with E-state index >= 15 is 0 Å². The Kier molecular flexibility index (Phi) is 3.84. The highest BCUT2D eigenvalue weighted by Crippen LogP contribution is 2.26. The van der Waals surface area contributed by atoms with Crippen molar-refractivity contribution >= 4 is 11.9 Å². The predicted octanol–water partition coefficient (Wildman–Crippen LogP) is 4.25. The Bertz CT molecular complexity index is 992. The number of anilines is 1. The first-order valence-corrected chi connectivity index (χ1v) is 7.62. The van der Waals surface area contributed by atoms with Crippen LogP contribution in [-0.2, 0) is 0 Å². The Morgan fingerprint density at radius 3 is 2.52 bits per heavy atom. The smallest absolute Gasteiger partial charge is 0.322 e. The minimum Gasteiger partial charge on any atom is -0.472 e. The molecule has 1 N–H and O–H groups in total. The van der Waals surface area contributed by atoms with Gasteiger partial charge in [-0.2, -0.15) is 0 Å². The molecule has 0 fully saturated rings. The van der Waals surface area contributed by atoms with Crippen LogP contribution in [0.1, 0.15) is 10.4 Å². The number of nitrogens with one attached hydrogen (secondary N) is 1. The number of carbonyl (C=O) groups is 1. The van der Waals surface area contributed by atoms with Gasteiger partial charge >= 0.3 is 6.01 Å². The summed E-state index contributed by atoms with van der Waals surface area (Å²) in [6, 6.07) is 18.4. The minimum absolute atomic E-state index is 0.0533. The highest BCUT2D eigenvalue weighted by molar-refractivity contribution is 6.03. The second kappa shape index (κ2) is 6.45. The summed E-state index contributed by atoms with van der Waals surface area (Å²) in [6.07, 6.45) is 3.28. The lowest BCUT2D eigenvalue weighted by Crippen LogP contribution is -2.11. The van der Waals surface area contributed by atoms with Crippen molar-refractivity contribution in [3.63, 3.8) is 0 Å². The average Bonchev–Trinajstić information content (AvgIpc) is 3.35. The summed E-state index contributed by atoms with van der Waals surface area (Å²) in [5.74, 6) is 0.0247. The van der Waals surface area contributed by atoms with E-state index in [2.05, 4.69) is 15.5 Å². The maximum atomic E-state index is 12.1. The number of furan rings is 1. The first-order chi connectivity index (χ1) is 12.3. The lowest BCUT2D eigenvalue weighted by molar-refractivity contribution is 0.102. The Morgan fingerprint density at radius 2 is 1.72 bits per heavy atom. The number of carbonyl (C=O) groups excluding carboxylic acids is 1. The molecule has 122 valence electrons. The number of amides is 1. The SMILES string of the molecule is O=C(Nc1nnc(-c2cccc(-c3ccoc3)c2)o1)c1ccccc1. The number of hydrogen-bond donors (Lipinski definition) is 1. The third-order valence-corrected chi connectivity index (χ3v) is 3.65. The molecule has 0 atom stereocenters. The molecule has 0 spiro atoms. The first kappa shape index (κ1) is 14.9. The van der Waals surface area contributed by atoms with Crippen molar-refractivity contribution < 1.29 is 13.6 Å². The van der Waals surface area contributed by atoms with Crippen LogP contribution in [0.3, 0.4) is 0 Å². The summed E-state index contributed by atoms with van der Waals surface area (Å²) < 4.78 is 10.7. The molecule has 2 heterocycles. The van der Waals surface area contributed by atoms with E-state index in [-0.39, 0.29) is 11.9 Å². The van der Waals surface area contributed by atoms with E-state index in [9.17, 15) is 4.79 Å². The number of hydrogen-bond acceptors (Lipinski definition) is 5. The lowest BCUT2D eigenvalue weighted by Gasteiger charge is -2.00. The van der Waals surface area contributed by atoms with Crippen LogP contribution < -0.4 is 5.32 Å². The van der Waals surface area contributed by atoms with Gasteiger partial charge in [0.15, 0.2) is 0 Å². The van der Waals surface area contributed by atoms with Crippen LogP contribution >= 0.6 is 0 Å². The monoisotopic (exact) mass is 331 g/mol. The second-order valence-corrected chi connectivity index (χ2v) is 5.33. The Hall–Kier alpha value is -3.67. The molecule has 0 radical (unpaired) electrons. The van der Waals surface area contributed by atoms with Crippen LogP contribution in [0.5, 0.6) is 0 Å². The van der Waals surface area contributed by atoms with Crippen LogP contribution in [0.2, 0.25) is 0 Å². The number of benzene rings is 2. The van der Waals surface area contributed by atoms with E-state index in [1.165, 1.54) is 0 Å². The second-order valence-electron chi connectivity index (χ2n) is 5.33. The third-order valence-electron chi connectivity index (χ3n) is 3.65. The number of aromatic nitrogens is 2. The maximum absolute atomic E-state index is 12.1. The van der Waals surface area contributed by atoms with Gasteiger partial charge in [0.05, 0.1) is 12.5 Å². The quantitative estimate of drug-likeness (QED) is 0.604. The van der Waals surface area contributed by atoms with E-state index in [0.29, 0.717) is 11.5 Å². The fourth-order valence-corrected chi connectivity index (χ4v) is 2.41. The van der Waals surface area contributed by atoms with Gasteiger partial charge in [0.1, 0.15) is 0 Å². The number of nitrogens with zero attached hydrogens (tertiary/aromatic N) is 2. The highest BCUT2D eigenvalue weighted by atomic mass is 16.4. The van der Waals surface area contributed by atoms with Gasteiger partial charge in [-0.3, -0.25) is 10.1 Å². The minimum atomic E-state index is -0.303. The molecule has 2 aromatic heterocycles. The van der Waals surface area contributed by atoms with Crippen molar-refractivity contribution in [3.8, 4) is 22.6 Å². The van der Waals surface area contributed by atoms with E-state index in [0.717, 1.165) is 16.7 Å². The molecule has 1 amide bonds. The van der Waals surface area contributed by atoms with Crippen LogP contribution in [0.4, 0.5) is 6.01 Å². The van der Waals surface area contributed by atoms with Crippen LogP contribution in [-0.4, -0.2) is 16.1 Å². The molecular formula is C19H13N3O3. The highest BCUT2D eigenvalue weighted by Gasteiger charge is 2.13. The van der Waals surface area contributed by atoms with E-state index in [1.807, 2.05) is 36.4 Å². The fraction of sp³-hybridized carbons (Fsp3) is 0. The van der Waals surface area contributed by atoms with Gasteiger partial charge in [0.2, 0.25) is 5.89 Å². The van der Waals surface area contributed by atoms with Crippen molar-refractivity contribution in [2.24, 2.45) is 0 Å². The van der Waals surface area contributed by atoms with Gasteiger partial charge in [-0.05, 0) is 35.9 Å². The standard InChI is InChI=1S/C19H13N3O3/c23-17(13-5-2-1-3-6-13)20-19-22-21-18(25-19)15-8-4-7-14(11-15)16-9-10-24-12-16/h1-12H,(H,20,22,23). The van der Waals surface area contributed by atoms with Gasteiger partial charge in [-0.25, -0.2) is 0 Å². The van der Waals surface area contributed by atoms with Gasteiger partial charge in [-0.1, -0.05) is 35.4 Å². The van der Waals surface area contributed by atoms with Crippen molar-refractivity contribution in [1.29, 1.82) is 0 Å². The zero-order chi connectivity index (χ0) is 17.1.